The fraction of sp³-hybridized carbons (Fsp3) is 0.867. The van der Waals surface area contributed by atoms with Gasteiger partial charge in [-0.2, -0.15) is 0 Å². The van der Waals surface area contributed by atoms with Crippen molar-refractivity contribution < 1.29 is 28.8 Å². The van der Waals surface area contributed by atoms with Crippen LogP contribution in [0.4, 0.5) is 0 Å². The van der Waals surface area contributed by atoms with Gasteiger partial charge in [-0.3, -0.25) is 28.8 Å². The van der Waals surface area contributed by atoms with E-state index in [2.05, 4.69) is 0 Å². The molecule has 0 spiro atoms. The predicted molar refractivity (Wildman–Crippen MR) is 209 cm³/mol. The van der Waals surface area contributed by atoms with Crippen molar-refractivity contribution in [1.82, 2.24) is 0 Å². The maximum Gasteiger partial charge on any atom is 0.141 e. The summed E-state index contributed by atoms with van der Waals surface area (Å²) in [6, 6.07) is 0. The van der Waals surface area contributed by atoms with Gasteiger partial charge in [-0.15, -0.1) is 0 Å². The maximum atomic E-state index is 12.3. The molecule has 0 heterocycles. The normalized spacial score (nSPS) is 26.0. The fourth-order valence-electron chi connectivity index (χ4n) is 7.84. The van der Waals surface area contributed by atoms with E-state index < -0.39 is 0 Å². The van der Waals surface area contributed by atoms with E-state index in [9.17, 15) is 28.8 Å². The monoisotopic (exact) mass is 715 g/mol. The molecule has 0 radical (unpaired) electrons. The van der Waals surface area contributed by atoms with Gasteiger partial charge in [-0.05, 0) is 51.4 Å². The van der Waals surface area contributed by atoms with Crippen molar-refractivity contribution in [2.75, 3.05) is 0 Å². The fourth-order valence-corrected chi connectivity index (χ4v) is 7.84. The van der Waals surface area contributed by atoms with Gasteiger partial charge in [0.1, 0.15) is 34.7 Å². The van der Waals surface area contributed by atoms with Gasteiger partial charge < -0.3 is 0 Å². The summed E-state index contributed by atoms with van der Waals surface area (Å²) in [5.74, 6) is 2.55. The van der Waals surface area contributed by atoms with Crippen molar-refractivity contribution in [2.24, 2.45) is 68.0 Å². The van der Waals surface area contributed by atoms with Crippen LogP contribution in [0, 0.1) is 68.0 Å². The Balaban J connectivity index is 0.000000383. The van der Waals surface area contributed by atoms with E-state index >= 15 is 0 Å². The number of carbonyl (C=O) groups is 6. The lowest BCUT2D eigenvalue weighted by Crippen LogP contribution is -2.43. The Morgan fingerprint density at radius 2 is 0.431 bits per heavy atom. The quantitative estimate of drug-likeness (QED) is 0.271. The molecule has 3 rings (SSSR count). The minimum absolute atomic E-state index is 0.0926. The summed E-state index contributed by atoms with van der Waals surface area (Å²) in [5.41, 5.74) is -1.63. The number of rotatable bonds is 6. The highest BCUT2D eigenvalue weighted by molar-refractivity contribution is 5.92. The molecule has 3 fully saturated rings. The van der Waals surface area contributed by atoms with Crippen LogP contribution in [-0.2, 0) is 28.8 Å². The molecule has 0 N–H and O–H groups in total. The van der Waals surface area contributed by atoms with Crippen LogP contribution in [0.25, 0.3) is 0 Å². The largest absolute Gasteiger partial charge is 0.299 e. The first-order valence-electron chi connectivity index (χ1n) is 19.9. The number of hydrogen-bond acceptors (Lipinski definition) is 6. The first kappa shape index (κ1) is 47.0. The molecule has 51 heavy (non-hydrogen) atoms. The van der Waals surface area contributed by atoms with Crippen molar-refractivity contribution in [3.63, 3.8) is 0 Å². The molecule has 0 saturated heterocycles. The maximum absolute atomic E-state index is 12.3. The smallest absolute Gasteiger partial charge is 0.141 e. The van der Waals surface area contributed by atoms with E-state index in [-0.39, 0.29) is 68.0 Å². The highest BCUT2D eigenvalue weighted by Gasteiger charge is 2.45. The van der Waals surface area contributed by atoms with Gasteiger partial charge in [0.05, 0.1) is 0 Å². The predicted octanol–water partition coefficient (Wildman–Crippen LogP) is 10.9. The van der Waals surface area contributed by atoms with Gasteiger partial charge in [0, 0.05) is 68.0 Å². The van der Waals surface area contributed by atoms with Gasteiger partial charge in [-0.1, -0.05) is 131 Å². The molecule has 6 nitrogen and oxygen atoms in total. The second-order valence-corrected chi connectivity index (χ2v) is 22.3. The Morgan fingerprint density at radius 3 is 0.627 bits per heavy atom. The topological polar surface area (TPSA) is 102 Å². The van der Waals surface area contributed by atoms with Crippen molar-refractivity contribution >= 4 is 34.7 Å². The molecule has 294 valence electrons. The number of ketones is 6. The molecule has 0 aromatic carbocycles. The third-order valence-electron chi connectivity index (χ3n) is 10.9. The van der Waals surface area contributed by atoms with Crippen molar-refractivity contribution in [1.29, 1.82) is 0 Å². The molecule has 4 unspecified atom stereocenters. The molecule has 3 aliphatic carbocycles. The van der Waals surface area contributed by atoms with E-state index in [0.29, 0.717) is 34.7 Å². The zero-order valence-electron chi connectivity index (χ0n) is 36.3. The van der Waals surface area contributed by atoms with Gasteiger partial charge in [0.2, 0.25) is 0 Å². The molecule has 6 heteroatoms. The number of Topliss-reactive ketones (excluding diaryl/α,β-unsaturated/α-hetero) is 6. The Labute approximate surface area is 313 Å². The van der Waals surface area contributed by atoms with Crippen LogP contribution in [0.3, 0.4) is 0 Å². The van der Waals surface area contributed by atoms with Crippen LogP contribution in [0.15, 0.2) is 0 Å². The molecule has 3 saturated carbocycles. The lowest BCUT2D eigenvalue weighted by Gasteiger charge is -2.39. The summed E-state index contributed by atoms with van der Waals surface area (Å²) in [6.07, 6.45) is 7.80. The molecule has 4 atom stereocenters. The first-order valence-corrected chi connectivity index (χ1v) is 19.9. The molecule has 0 bridgehead atoms. The van der Waals surface area contributed by atoms with Gasteiger partial charge in [-0.25, -0.2) is 0 Å². The van der Waals surface area contributed by atoms with Gasteiger partial charge in [0.25, 0.3) is 0 Å². The van der Waals surface area contributed by atoms with E-state index in [1.54, 1.807) is 0 Å². The molecular formula is C45H78O6. The Morgan fingerprint density at radius 1 is 0.275 bits per heavy atom. The minimum atomic E-state index is -0.280. The summed E-state index contributed by atoms with van der Waals surface area (Å²) >= 11 is 0. The van der Waals surface area contributed by atoms with Crippen LogP contribution in [0.2, 0.25) is 0 Å². The standard InChI is InChI=1S/C16H28O2.C15H26O2.C14H24O2/c1-15(2,3)13(17)11-8-7-9-12(10-11)14(18)16(4,5)6;1-14(2,3)12(16)10-7-8-11(9-10)13(17)15(4,5)6;1-13(2,3)11(15)9-7-10(8-9)12(16)14(4,5)6/h11-12H,7-10H2,1-6H3;10-11H,7-9H2,1-6H3;9-10H,7-8H2,1-6H3. The van der Waals surface area contributed by atoms with E-state index in [1.165, 1.54) is 0 Å². The number of hydrogen-bond donors (Lipinski definition) is 0. The highest BCUT2D eigenvalue weighted by atomic mass is 16.2. The Kier molecular flexibility index (Phi) is 15.7. The summed E-state index contributed by atoms with van der Waals surface area (Å²) in [6.45, 7) is 35.4. The van der Waals surface area contributed by atoms with Crippen LogP contribution in [-0.4, -0.2) is 34.7 Å². The first-order chi connectivity index (χ1) is 22.6. The van der Waals surface area contributed by atoms with Crippen molar-refractivity contribution in [3.8, 4) is 0 Å². The molecular weight excluding hydrogens is 636 g/mol. The summed E-state index contributed by atoms with van der Waals surface area (Å²) in [7, 11) is 0. The van der Waals surface area contributed by atoms with Gasteiger partial charge >= 0.3 is 0 Å². The lowest BCUT2D eigenvalue weighted by atomic mass is 9.63. The van der Waals surface area contributed by atoms with Crippen LogP contribution >= 0.6 is 0 Å². The molecule has 0 aliphatic heterocycles. The van der Waals surface area contributed by atoms with Crippen molar-refractivity contribution in [2.45, 2.75) is 182 Å². The second-order valence-electron chi connectivity index (χ2n) is 22.3. The molecule has 0 aromatic heterocycles. The van der Waals surface area contributed by atoms with E-state index in [0.717, 1.165) is 57.8 Å². The molecule has 3 aliphatic rings. The van der Waals surface area contributed by atoms with Crippen LogP contribution in [0.1, 0.15) is 182 Å². The lowest BCUT2D eigenvalue weighted by molar-refractivity contribution is -0.142. The minimum Gasteiger partial charge on any atom is -0.299 e. The number of carbonyl (C=O) groups excluding carboxylic acids is 6. The molecule has 0 aromatic rings. The highest BCUT2D eigenvalue weighted by Crippen LogP contribution is 2.43. The Bertz CT molecular complexity index is 1160. The SMILES string of the molecule is CC(C)(C)C(=O)C1CC(C(=O)C(C)(C)C)C1.CC(C)(C)C(=O)C1CCC(C(=O)C(C)(C)C)C1.CC(C)(C)C(=O)C1CCCC(C(=O)C(C)(C)C)C1. The van der Waals surface area contributed by atoms with Crippen LogP contribution < -0.4 is 0 Å². The summed E-state index contributed by atoms with van der Waals surface area (Å²) in [4.78, 5) is 72.9. The van der Waals surface area contributed by atoms with Crippen LogP contribution in [0.5, 0.6) is 0 Å². The molecule has 0 amide bonds. The zero-order valence-corrected chi connectivity index (χ0v) is 36.3. The summed E-state index contributed by atoms with van der Waals surface area (Å²) in [5, 5.41) is 0. The van der Waals surface area contributed by atoms with E-state index in [4.69, 9.17) is 0 Å². The summed E-state index contributed by atoms with van der Waals surface area (Å²) < 4.78 is 0. The third kappa shape index (κ3) is 14.1. The van der Waals surface area contributed by atoms with Gasteiger partial charge in [0.15, 0.2) is 0 Å². The second kappa shape index (κ2) is 17.0. The van der Waals surface area contributed by atoms with Crippen molar-refractivity contribution in [3.05, 3.63) is 0 Å². The average Bonchev–Trinajstić information content (AvgIpc) is 3.42. The Hall–Kier alpha value is -1.98. The third-order valence-corrected chi connectivity index (χ3v) is 10.9. The zero-order chi connectivity index (χ0) is 40.3. The average molecular weight is 715 g/mol. The van der Waals surface area contributed by atoms with E-state index in [1.807, 2.05) is 125 Å².